The minimum Gasteiger partial charge on any atom is -0.484 e. The Bertz CT molecular complexity index is 783. The van der Waals surface area contributed by atoms with Gasteiger partial charge in [-0.1, -0.05) is 55.5 Å². The van der Waals surface area contributed by atoms with Gasteiger partial charge in [0.05, 0.1) is 6.04 Å². The molecule has 3 rings (SSSR count). The molecule has 0 aliphatic heterocycles. The molecule has 3 nitrogen and oxygen atoms in total. The summed E-state index contributed by atoms with van der Waals surface area (Å²) in [4.78, 5) is 13.5. The van der Waals surface area contributed by atoms with E-state index in [9.17, 15) is 4.79 Å². The van der Waals surface area contributed by atoms with Crippen LogP contribution in [-0.4, -0.2) is 12.5 Å². The molecule has 0 aliphatic rings. The van der Waals surface area contributed by atoms with E-state index in [0.717, 1.165) is 16.9 Å². The Morgan fingerprint density at radius 3 is 2.44 bits per heavy atom. The minimum atomic E-state index is -0.155. The number of nitrogens with one attached hydrogen (secondary N) is 1. The van der Waals surface area contributed by atoms with Crippen molar-refractivity contribution in [1.29, 1.82) is 0 Å². The Hall–Kier alpha value is -2.59. The van der Waals surface area contributed by atoms with E-state index in [4.69, 9.17) is 4.74 Å². The zero-order valence-corrected chi connectivity index (χ0v) is 15.0. The normalized spacial score (nSPS) is 11.7. The Morgan fingerprint density at radius 1 is 1.04 bits per heavy atom. The molecule has 128 valence electrons. The number of rotatable bonds is 7. The van der Waals surface area contributed by atoms with Crippen molar-refractivity contribution in [1.82, 2.24) is 5.32 Å². The Labute approximate surface area is 152 Å². The monoisotopic (exact) mass is 351 g/mol. The summed E-state index contributed by atoms with van der Waals surface area (Å²) in [5.41, 5.74) is 2.36. The lowest BCUT2D eigenvalue weighted by Crippen LogP contribution is -2.32. The highest BCUT2D eigenvalue weighted by molar-refractivity contribution is 7.10. The third kappa shape index (κ3) is 4.70. The van der Waals surface area contributed by atoms with Gasteiger partial charge in [-0.3, -0.25) is 4.79 Å². The molecule has 0 radical (unpaired) electrons. The van der Waals surface area contributed by atoms with Gasteiger partial charge in [0.2, 0.25) is 0 Å². The molecule has 4 heteroatoms. The van der Waals surface area contributed by atoms with Crippen LogP contribution in [-0.2, 0) is 11.2 Å². The number of amides is 1. The highest BCUT2D eigenvalue weighted by atomic mass is 32.1. The first kappa shape index (κ1) is 17.2. The first-order valence-corrected chi connectivity index (χ1v) is 9.23. The van der Waals surface area contributed by atoms with Crippen molar-refractivity contribution in [2.24, 2.45) is 0 Å². The number of aryl methyl sites for hydroxylation is 1. The van der Waals surface area contributed by atoms with E-state index in [-0.39, 0.29) is 18.6 Å². The smallest absolute Gasteiger partial charge is 0.258 e. The summed E-state index contributed by atoms with van der Waals surface area (Å²) in [6, 6.07) is 21.7. The molecule has 1 atom stereocenters. The van der Waals surface area contributed by atoms with Crippen molar-refractivity contribution >= 4 is 17.2 Å². The number of ether oxygens (including phenoxy) is 1. The van der Waals surface area contributed by atoms with Crippen molar-refractivity contribution in [3.05, 3.63) is 88.1 Å². The van der Waals surface area contributed by atoms with E-state index in [1.807, 2.05) is 47.8 Å². The average Bonchev–Trinajstić information content (AvgIpc) is 3.20. The molecule has 1 N–H and O–H groups in total. The quantitative estimate of drug-likeness (QED) is 0.676. The molecule has 0 saturated carbocycles. The molecule has 0 spiro atoms. The summed E-state index contributed by atoms with van der Waals surface area (Å²) >= 11 is 1.64. The van der Waals surface area contributed by atoms with E-state index in [1.54, 1.807) is 11.3 Å². The van der Waals surface area contributed by atoms with Crippen molar-refractivity contribution in [2.75, 3.05) is 6.61 Å². The number of thiophene rings is 1. The van der Waals surface area contributed by atoms with Gasteiger partial charge >= 0.3 is 0 Å². The predicted molar refractivity (Wildman–Crippen MR) is 102 cm³/mol. The second kappa shape index (κ2) is 8.49. The largest absolute Gasteiger partial charge is 0.484 e. The first-order chi connectivity index (χ1) is 12.3. The van der Waals surface area contributed by atoms with Crippen LogP contribution >= 0.6 is 11.3 Å². The maximum atomic E-state index is 12.4. The molecule has 0 bridgehead atoms. The maximum Gasteiger partial charge on any atom is 0.258 e. The molecular formula is C21H21NO2S. The number of benzene rings is 2. The van der Waals surface area contributed by atoms with E-state index in [2.05, 4.69) is 36.5 Å². The standard InChI is InChI=1S/C21H21NO2S/c1-2-16-10-12-17(13-11-16)21(19-9-6-14-25-19)22-20(23)15-24-18-7-4-3-5-8-18/h3-14,21H,2,15H2,1H3,(H,22,23)/t21-/m0/s1. The average molecular weight is 351 g/mol. The fourth-order valence-electron chi connectivity index (χ4n) is 2.59. The molecule has 25 heavy (non-hydrogen) atoms. The first-order valence-electron chi connectivity index (χ1n) is 8.35. The zero-order chi connectivity index (χ0) is 17.5. The van der Waals surface area contributed by atoms with Crippen LogP contribution in [0.5, 0.6) is 5.75 Å². The van der Waals surface area contributed by atoms with Crippen LogP contribution in [0.15, 0.2) is 72.1 Å². The van der Waals surface area contributed by atoms with Crippen LogP contribution in [0.4, 0.5) is 0 Å². The van der Waals surface area contributed by atoms with E-state index >= 15 is 0 Å². The molecule has 1 aromatic heterocycles. The van der Waals surface area contributed by atoms with Crippen LogP contribution in [0.1, 0.15) is 29.0 Å². The molecule has 1 amide bonds. The number of hydrogen-bond donors (Lipinski definition) is 1. The van der Waals surface area contributed by atoms with Crippen molar-refractivity contribution in [3.63, 3.8) is 0 Å². The SMILES string of the molecule is CCc1ccc([C@H](NC(=O)COc2ccccc2)c2cccs2)cc1. The van der Waals surface area contributed by atoms with Crippen molar-refractivity contribution < 1.29 is 9.53 Å². The van der Waals surface area contributed by atoms with Crippen LogP contribution in [0.2, 0.25) is 0 Å². The predicted octanol–water partition coefficient (Wildman–Crippen LogP) is 4.60. The zero-order valence-electron chi connectivity index (χ0n) is 14.1. The fraction of sp³-hybridized carbons (Fsp3) is 0.190. The topological polar surface area (TPSA) is 38.3 Å². The minimum absolute atomic E-state index is 0.00106. The second-order valence-corrected chi connectivity index (χ2v) is 6.69. The molecule has 0 unspecified atom stereocenters. The van der Waals surface area contributed by atoms with Gasteiger partial charge in [0.25, 0.3) is 5.91 Å². The van der Waals surface area contributed by atoms with Crippen LogP contribution in [0.3, 0.4) is 0 Å². The summed E-state index contributed by atoms with van der Waals surface area (Å²) in [7, 11) is 0. The summed E-state index contributed by atoms with van der Waals surface area (Å²) in [5.74, 6) is 0.555. The molecule has 3 aromatic rings. The van der Waals surface area contributed by atoms with Crippen molar-refractivity contribution in [2.45, 2.75) is 19.4 Å². The molecule has 2 aromatic carbocycles. The number of hydrogen-bond acceptors (Lipinski definition) is 3. The van der Waals surface area contributed by atoms with E-state index < -0.39 is 0 Å². The lowest BCUT2D eigenvalue weighted by atomic mass is 10.0. The summed E-state index contributed by atoms with van der Waals surface area (Å²) < 4.78 is 5.55. The van der Waals surface area contributed by atoms with Gasteiger partial charge < -0.3 is 10.1 Å². The summed E-state index contributed by atoms with van der Waals surface area (Å²) in [6.45, 7) is 2.13. The molecule has 1 heterocycles. The van der Waals surface area contributed by atoms with Gasteiger partial charge in [0.15, 0.2) is 6.61 Å². The third-order valence-corrected chi connectivity index (χ3v) is 4.90. The lowest BCUT2D eigenvalue weighted by Gasteiger charge is -2.18. The Balaban J connectivity index is 1.70. The number of carbonyl (C=O) groups excluding carboxylic acids is 1. The molecule has 0 fully saturated rings. The third-order valence-electron chi connectivity index (χ3n) is 3.97. The van der Waals surface area contributed by atoms with Gasteiger partial charge in [0, 0.05) is 4.88 Å². The van der Waals surface area contributed by atoms with Gasteiger partial charge in [-0.15, -0.1) is 11.3 Å². The maximum absolute atomic E-state index is 12.4. The fourth-order valence-corrected chi connectivity index (χ4v) is 3.39. The Morgan fingerprint density at radius 2 is 1.80 bits per heavy atom. The van der Waals surface area contributed by atoms with Crippen LogP contribution in [0.25, 0.3) is 0 Å². The van der Waals surface area contributed by atoms with Crippen molar-refractivity contribution in [3.8, 4) is 5.75 Å². The number of para-hydroxylation sites is 1. The molecular weight excluding hydrogens is 330 g/mol. The van der Waals surface area contributed by atoms with Crippen LogP contribution in [0, 0.1) is 0 Å². The Kier molecular flexibility index (Phi) is 5.86. The van der Waals surface area contributed by atoms with Gasteiger partial charge in [-0.05, 0) is 41.1 Å². The highest BCUT2D eigenvalue weighted by Crippen LogP contribution is 2.26. The highest BCUT2D eigenvalue weighted by Gasteiger charge is 2.18. The van der Waals surface area contributed by atoms with Gasteiger partial charge in [0.1, 0.15) is 5.75 Å². The van der Waals surface area contributed by atoms with E-state index in [1.165, 1.54) is 5.56 Å². The second-order valence-electron chi connectivity index (χ2n) is 5.71. The summed E-state index contributed by atoms with van der Waals surface area (Å²) in [5, 5.41) is 5.11. The molecule has 0 saturated heterocycles. The van der Waals surface area contributed by atoms with Crippen LogP contribution < -0.4 is 10.1 Å². The van der Waals surface area contributed by atoms with Gasteiger partial charge in [-0.2, -0.15) is 0 Å². The molecule has 0 aliphatic carbocycles. The van der Waals surface area contributed by atoms with Gasteiger partial charge in [-0.25, -0.2) is 0 Å². The van der Waals surface area contributed by atoms with E-state index in [0.29, 0.717) is 5.75 Å². The number of carbonyl (C=O) groups is 1. The summed E-state index contributed by atoms with van der Waals surface area (Å²) in [6.07, 6.45) is 1.00. The lowest BCUT2D eigenvalue weighted by molar-refractivity contribution is -0.123.